The van der Waals surface area contributed by atoms with Crippen molar-refractivity contribution < 1.29 is 80.2 Å². The van der Waals surface area contributed by atoms with E-state index in [0.29, 0.717) is 32.1 Å². The van der Waals surface area contributed by atoms with Gasteiger partial charge >= 0.3 is 39.5 Å². The summed E-state index contributed by atoms with van der Waals surface area (Å²) in [5.74, 6) is -2.37. The number of unbranched alkanes of at least 4 members (excludes halogenated alkanes) is 11. The van der Waals surface area contributed by atoms with Gasteiger partial charge in [-0.1, -0.05) is 284 Å². The van der Waals surface area contributed by atoms with Gasteiger partial charge in [-0.2, -0.15) is 0 Å². The van der Waals surface area contributed by atoms with Gasteiger partial charge in [0.2, 0.25) is 0 Å². The Labute approximate surface area is 676 Å². The summed E-state index contributed by atoms with van der Waals surface area (Å²) in [6.45, 7) is 4.22. The number of hydrogen-bond acceptors (Lipinski definition) is 15. The molecule has 0 aromatic rings. The van der Waals surface area contributed by atoms with Gasteiger partial charge in [-0.05, 0) is 193 Å². The average molecular weight is 1600 g/mol. The Morgan fingerprint density at radius 1 is 0.250 bits per heavy atom. The number of allylic oxidation sites excluding steroid dienone is 38. The quantitative estimate of drug-likeness (QED) is 0.0169. The van der Waals surface area contributed by atoms with Crippen molar-refractivity contribution in [2.45, 2.75) is 290 Å². The summed E-state index contributed by atoms with van der Waals surface area (Å²) < 4.78 is 68.6. The van der Waals surface area contributed by atoms with Gasteiger partial charge in [0.25, 0.3) is 0 Å². The summed E-state index contributed by atoms with van der Waals surface area (Å²) in [7, 11) is -10.0. The predicted molar refractivity (Wildman–Crippen MR) is 463 cm³/mol. The summed E-state index contributed by atoms with van der Waals surface area (Å²) in [5.41, 5.74) is 0. The van der Waals surface area contributed by atoms with E-state index in [1.54, 1.807) is 0 Å². The van der Waals surface area contributed by atoms with Gasteiger partial charge in [0.15, 0.2) is 12.2 Å². The van der Waals surface area contributed by atoms with Crippen LogP contribution in [-0.4, -0.2) is 96.7 Å². The first kappa shape index (κ1) is 105. The Bertz CT molecular complexity index is 3040. The monoisotopic (exact) mass is 1590 g/mol. The molecule has 0 aliphatic carbocycles. The van der Waals surface area contributed by atoms with Gasteiger partial charge in [-0.15, -0.1) is 0 Å². The van der Waals surface area contributed by atoms with E-state index in [0.717, 1.165) is 186 Å². The highest BCUT2D eigenvalue weighted by atomic mass is 31.2. The van der Waals surface area contributed by atoms with Crippen LogP contribution in [-0.2, 0) is 65.4 Å². The van der Waals surface area contributed by atoms with Crippen molar-refractivity contribution in [1.82, 2.24) is 0 Å². The lowest BCUT2D eigenvalue weighted by atomic mass is 10.1. The molecule has 0 amide bonds. The molecule has 0 aromatic carbocycles. The lowest BCUT2D eigenvalue weighted by Crippen LogP contribution is -2.30. The van der Waals surface area contributed by atoms with Crippen molar-refractivity contribution >= 4 is 39.5 Å². The second kappa shape index (κ2) is 82.1. The van der Waals surface area contributed by atoms with Crippen LogP contribution in [0.4, 0.5) is 0 Å². The molecule has 0 radical (unpaired) electrons. The standard InChI is InChI=1S/C93H144O17P2/c1-5-9-13-17-21-25-29-33-37-41-43-47-50-54-58-62-66-70-74-78-91(96)104-84-89(110-93(98)80-76-72-68-64-60-56-52-48-44-42-38-34-30-26-22-18-14-10-6-2)86-108-112(101,102)106-82-87(94)81-105-111(99,100)107-85-88(109-92(97)79-75-71-67-63-59-55-51-46-40-36-32-28-24-20-16-12-8-4)83-103-90(95)77-73-69-65-61-57-53-49-45-39-35-31-27-23-19-15-11-7-3/h9-16,21-28,33-40,43-44,47-49,51,53-56,58,60-61,65,87-89,94H,5-8,17-20,29-32,41-42,45-46,50,52,57,59,62-64,66-86H2,1-4H3,(H,99,100)(H,101,102)/b13-9-,14-10-,15-11-,16-12-,25-21-,26-22-,27-23-,28-24-,37-33-,38-34-,39-35-,40-36-,47-43-,48-44-,53-49-,55-51-,58-54-,60-56-,65-61-. The number of esters is 4. The second-order valence-electron chi connectivity index (χ2n) is 26.5. The number of carbonyl (C=O) groups is 4. The second-order valence-corrected chi connectivity index (χ2v) is 29.4. The third kappa shape index (κ3) is 81.1. The van der Waals surface area contributed by atoms with Crippen LogP contribution >= 0.6 is 15.6 Å². The van der Waals surface area contributed by atoms with E-state index in [9.17, 15) is 43.2 Å². The molecule has 5 unspecified atom stereocenters. The zero-order valence-electron chi connectivity index (χ0n) is 68.7. The number of carbonyl (C=O) groups excluding carboxylic acids is 4. The minimum atomic E-state index is -5.02. The zero-order valence-corrected chi connectivity index (χ0v) is 70.5. The van der Waals surface area contributed by atoms with E-state index >= 15 is 0 Å². The highest BCUT2D eigenvalue weighted by Gasteiger charge is 2.30. The Hall–Kier alpha value is -6.88. The van der Waals surface area contributed by atoms with E-state index in [-0.39, 0.29) is 25.7 Å². The SMILES string of the molecule is CC/C=C\C/C=C\C/C=C\C/C=C\C/C=C\CCCCCC(=O)OCC(COP(=O)(O)OCC(O)COP(=O)(O)OCC(COC(=O)CCC/C=C\C/C=C\C/C=C\C/C=C\C/C=C\CC)OC(=O)CCCCCC/C=C\C/C=C\C/C=C\C/C=C\CC)OC(=O)CCCCC/C=C\C/C=C\C/C=C\C/C=C\C/C=C\CC. The molecule has 0 saturated carbocycles. The molecule has 17 nitrogen and oxygen atoms in total. The molecule has 19 heteroatoms. The van der Waals surface area contributed by atoms with Gasteiger partial charge in [-0.3, -0.25) is 37.3 Å². The maximum atomic E-state index is 13.1. The zero-order chi connectivity index (χ0) is 81.7. The maximum absolute atomic E-state index is 13.1. The summed E-state index contributed by atoms with van der Waals surface area (Å²) in [5, 5.41) is 10.7. The summed E-state index contributed by atoms with van der Waals surface area (Å²) in [6, 6.07) is 0. The molecular formula is C93H144O17P2. The Morgan fingerprint density at radius 3 is 0.705 bits per heavy atom. The van der Waals surface area contributed by atoms with Crippen molar-refractivity contribution in [2.75, 3.05) is 39.6 Å². The van der Waals surface area contributed by atoms with Crippen molar-refractivity contribution in [1.29, 1.82) is 0 Å². The molecule has 628 valence electrons. The van der Waals surface area contributed by atoms with Gasteiger partial charge in [0.05, 0.1) is 26.4 Å². The first-order valence-corrected chi connectivity index (χ1v) is 44.6. The van der Waals surface area contributed by atoms with Crippen LogP contribution in [0.15, 0.2) is 231 Å². The van der Waals surface area contributed by atoms with E-state index in [1.165, 1.54) is 0 Å². The first-order valence-electron chi connectivity index (χ1n) is 41.6. The Morgan fingerprint density at radius 2 is 0.446 bits per heavy atom. The number of rotatable bonds is 75. The van der Waals surface area contributed by atoms with Crippen LogP contribution in [0.2, 0.25) is 0 Å². The molecule has 0 fully saturated rings. The van der Waals surface area contributed by atoms with Crippen LogP contribution in [0.1, 0.15) is 272 Å². The Balaban J connectivity index is 5.57. The number of aliphatic hydroxyl groups excluding tert-OH is 1. The van der Waals surface area contributed by atoms with Crippen molar-refractivity contribution in [3.05, 3.63) is 231 Å². The number of phosphoric ester groups is 2. The van der Waals surface area contributed by atoms with Gasteiger partial charge in [0, 0.05) is 25.7 Å². The third-order valence-corrected chi connectivity index (χ3v) is 18.0. The van der Waals surface area contributed by atoms with Crippen LogP contribution in [0.5, 0.6) is 0 Å². The minimum Gasteiger partial charge on any atom is -0.462 e. The number of phosphoric acid groups is 2. The molecule has 0 bridgehead atoms. The van der Waals surface area contributed by atoms with Crippen LogP contribution in [0.25, 0.3) is 0 Å². The smallest absolute Gasteiger partial charge is 0.462 e. The summed E-state index contributed by atoms with van der Waals surface area (Å²) in [6.07, 6.45) is 106. The molecular weight excluding hydrogens is 1450 g/mol. The number of aliphatic hydroxyl groups is 1. The predicted octanol–water partition coefficient (Wildman–Crippen LogP) is 25.0. The van der Waals surface area contributed by atoms with E-state index in [2.05, 4.69) is 246 Å². The molecule has 0 saturated heterocycles. The van der Waals surface area contributed by atoms with E-state index in [4.69, 9.17) is 37.0 Å². The summed E-state index contributed by atoms with van der Waals surface area (Å²) in [4.78, 5) is 73.2. The largest absolute Gasteiger partial charge is 0.472 e. The minimum absolute atomic E-state index is 0.0353. The molecule has 112 heavy (non-hydrogen) atoms. The van der Waals surface area contributed by atoms with Crippen LogP contribution in [0, 0.1) is 0 Å². The number of hydrogen-bond donors (Lipinski definition) is 3. The lowest BCUT2D eigenvalue weighted by molar-refractivity contribution is -0.161. The fourth-order valence-electron chi connectivity index (χ4n) is 9.95. The molecule has 0 aliphatic rings. The molecule has 0 aliphatic heterocycles. The molecule has 3 N–H and O–H groups in total. The number of ether oxygens (including phenoxy) is 4. The molecule has 5 atom stereocenters. The molecule has 0 rings (SSSR count). The van der Waals surface area contributed by atoms with E-state index < -0.39 is 97.5 Å². The van der Waals surface area contributed by atoms with Crippen LogP contribution < -0.4 is 0 Å². The molecule has 0 aromatic heterocycles. The first-order chi connectivity index (χ1) is 54.7. The lowest BCUT2D eigenvalue weighted by Gasteiger charge is -2.21. The maximum Gasteiger partial charge on any atom is 0.472 e. The highest BCUT2D eigenvalue weighted by molar-refractivity contribution is 7.47. The van der Waals surface area contributed by atoms with Gasteiger partial charge < -0.3 is 33.8 Å². The summed E-state index contributed by atoms with van der Waals surface area (Å²) >= 11 is 0. The Kier molecular flexibility index (Phi) is 77.1. The molecule has 0 spiro atoms. The highest BCUT2D eigenvalue weighted by Crippen LogP contribution is 2.45. The third-order valence-electron chi connectivity index (χ3n) is 16.1. The fraction of sp³-hybridized carbons (Fsp3) is 0.548. The average Bonchev–Trinajstić information content (AvgIpc) is 0.898. The van der Waals surface area contributed by atoms with E-state index in [1.807, 2.05) is 12.2 Å². The van der Waals surface area contributed by atoms with Crippen molar-refractivity contribution in [3.63, 3.8) is 0 Å². The van der Waals surface area contributed by atoms with Crippen molar-refractivity contribution in [3.8, 4) is 0 Å². The van der Waals surface area contributed by atoms with Gasteiger partial charge in [0.1, 0.15) is 19.3 Å². The van der Waals surface area contributed by atoms with Gasteiger partial charge in [-0.25, -0.2) is 9.13 Å². The molecule has 0 heterocycles. The topological polar surface area (TPSA) is 237 Å². The van der Waals surface area contributed by atoms with Crippen LogP contribution in [0.3, 0.4) is 0 Å². The van der Waals surface area contributed by atoms with Crippen molar-refractivity contribution in [2.24, 2.45) is 0 Å². The normalized spacial score (nSPS) is 15.0. The fourth-order valence-corrected chi connectivity index (χ4v) is 11.5.